The summed E-state index contributed by atoms with van der Waals surface area (Å²) in [4.78, 5) is 32.8. The first kappa shape index (κ1) is 21.1. The molecule has 2 aliphatic rings. The highest BCUT2D eigenvalue weighted by Gasteiger charge is 2.49. The molecule has 1 N–H and O–H groups in total. The number of carbonyl (C=O) groups is 2. The minimum absolute atomic E-state index is 0.0109. The maximum absolute atomic E-state index is 13.4. The van der Waals surface area contributed by atoms with Crippen LogP contribution in [0.15, 0.2) is 59.6 Å². The van der Waals surface area contributed by atoms with E-state index in [2.05, 4.69) is 12.2 Å². The molecule has 162 valence electrons. The molecule has 1 aliphatic heterocycles. The molecule has 6 nitrogen and oxygen atoms in total. The number of carbonyl (C=O) groups excluding carboxylic acids is 2. The second-order valence-electron chi connectivity index (χ2n) is 8.51. The Bertz CT molecular complexity index is 979. The molecule has 1 saturated carbocycles. The van der Waals surface area contributed by atoms with Gasteiger partial charge in [0.2, 0.25) is 5.91 Å². The molecule has 2 aromatic rings. The molecule has 0 atom stereocenters. The van der Waals surface area contributed by atoms with Gasteiger partial charge in [-0.1, -0.05) is 49.4 Å². The van der Waals surface area contributed by atoms with Crippen molar-refractivity contribution >= 4 is 17.5 Å². The zero-order valence-electron chi connectivity index (χ0n) is 18.1. The van der Waals surface area contributed by atoms with Crippen molar-refractivity contribution in [3.05, 3.63) is 65.7 Å². The van der Waals surface area contributed by atoms with Crippen molar-refractivity contribution in [1.29, 1.82) is 0 Å². The summed E-state index contributed by atoms with van der Waals surface area (Å²) >= 11 is 0. The number of hydrogen-bond donors (Lipinski definition) is 1. The van der Waals surface area contributed by atoms with E-state index in [1.807, 2.05) is 54.6 Å². The van der Waals surface area contributed by atoms with E-state index in [4.69, 9.17) is 9.73 Å². The number of amides is 2. The third-order valence-corrected chi connectivity index (χ3v) is 6.32. The number of benzene rings is 2. The van der Waals surface area contributed by atoms with Crippen molar-refractivity contribution in [3.8, 4) is 5.75 Å². The van der Waals surface area contributed by atoms with E-state index in [0.717, 1.165) is 42.6 Å². The van der Waals surface area contributed by atoms with Gasteiger partial charge in [0.05, 0.1) is 7.11 Å². The average Bonchev–Trinajstić information content (AvgIpc) is 3.07. The van der Waals surface area contributed by atoms with Crippen molar-refractivity contribution < 1.29 is 14.3 Å². The first-order chi connectivity index (χ1) is 15.0. The van der Waals surface area contributed by atoms with Crippen LogP contribution >= 0.6 is 0 Å². The fourth-order valence-electron chi connectivity index (χ4n) is 4.42. The van der Waals surface area contributed by atoms with Gasteiger partial charge in [0.25, 0.3) is 5.91 Å². The molecule has 2 aromatic carbocycles. The Balaban J connectivity index is 1.50. The topological polar surface area (TPSA) is 71.0 Å². The SMILES string of the molecule is COc1cccc(CNC(=O)CN2C(=O)C(c3ccccc3)=NC23CCC(C)CC3)c1. The molecule has 0 radical (unpaired) electrons. The van der Waals surface area contributed by atoms with Crippen molar-refractivity contribution in [2.75, 3.05) is 13.7 Å². The summed E-state index contributed by atoms with van der Waals surface area (Å²) in [5.74, 6) is 1.02. The highest BCUT2D eigenvalue weighted by Crippen LogP contribution is 2.41. The molecule has 1 heterocycles. The van der Waals surface area contributed by atoms with Crippen LogP contribution < -0.4 is 10.1 Å². The van der Waals surface area contributed by atoms with Crippen LogP contribution in [0.1, 0.15) is 43.7 Å². The Labute approximate surface area is 183 Å². The summed E-state index contributed by atoms with van der Waals surface area (Å²) in [7, 11) is 1.62. The van der Waals surface area contributed by atoms with Crippen LogP contribution in [-0.4, -0.2) is 41.7 Å². The van der Waals surface area contributed by atoms with E-state index in [9.17, 15) is 9.59 Å². The van der Waals surface area contributed by atoms with Crippen LogP contribution in [0.4, 0.5) is 0 Å². The fraction of sp³-hybridized carbons (Fsp3) is 0.400. The number of hydrogen-bond acceptors (Lipinski definition) is 4. The van der Waals surface area contributed by atoms with Gasteiger partial charge in [0.15, 0.2) is 0 Å². The van der Waals surface area contributed by atoms with Gasteiger partial charge in [-0.3, -0.25) is 14.6 Å². The number of nitrogens with one attached hydrogen (secondary N) is 1. The molecule has 31 heavy (non-hydrogen) atoms. The van der Waals surface area contributed by atoms with Crippen LogP contribution in [0.5, 0.6) is 5.75 Å². The van der Waals surface area contributed by atoms with E-state index in [1.54, 1.807) is 12.0 Å². The second kappa shape index (κ2) is 8.92. The Kier molecular flexibility index (Phi) is 6.07. The fourth-order valence-corrected chi connectivity index (χ4v) is 4.42. The molecule has 6 heteroatoms. The Morgan fingerprint density at radius 2 is 1.90 bits per heavy atom. The third-order valence-electron chi connectivity index (χ3n) is 6.32. The van der Waals surface area contributed by atoms with Gasteiger partial charge >= 0.3 is 0 Å². The number of methoxy groups -OCH3 is 1. The van der Waals surface area contributed by atoms with Gasteiger partial charge < -0.3 is 15.0 Å². The van der Waals surface area contributed by atoms with Crippen molar-refractivity contribution in [1.82, 2.24) is 10.2 Å². The van der Waals surface area contributed by atoms with E-state index in [1.165, 1.54) is 0 Å². The Morgan fingerprint density at radius 3 is 2.61 bits per heavy atom. The minimum atomic E-state index is -0.609. The summed E-state index contributed by atoms with van der Waals surface area (Å²) < 4.78 is 5.24. The largest absolute Gasteiger partial charge is 0.497 e. The zero-order chi connectivity index (χ0) is 21.8. The smallest absolute Gasteiger partial charge is 0.275 e. The lowest BCUT2D eigenvalue weighted by molar-refractivity contribution is -0.136. The van der Waals surface area contributed by atoms with Crippen LogP contribution in [0.3, 0.4) is 0 Å². The predicted octanol–water partition coefficient (Wildman–Crippen LogP) is 3.55. The van der Waals surface area contributed by atoms with Crippen LogP contribution in [0, 0.1) is 5.92 Å². The maximum atomic E-state index is 13.4. The monoisotopic (exact) mass is 419 g/mol. The standard InChI is InChI=1S/C25H29N3O3/c1-18-11-13-25(14-12-18)27-23(20-8-4-3-5-9-20)24(30)28(25)17-22(29)26-16-19-7-6-10-21(15-19)31-2/h3-10,15,18H,11-14,16-17H2,1-2H3,(H,26,29). The predicted molar refractivity (Wildman–Crippen MR) is 120 cm³/mol. The lowest BCUT2D eigenvalue weighted by atomic mass is 9.82. The maximum Gasteiger partial charge on any atom is 0.275 e. The number of nitrogens with zero attached hydrogens (tertiary/aromatic N) is 2. The molecule has 0 saturated heterocycles. The molecule has 0 aromatic heterocycles. The van der Waals surface area contributed by atoms with Gasteiger partial charge in [-0.05, 0) is 49.3 Å². The molecule has 1 aliphatic carbocycles. The molecule has 0 bridgehead atoms. The van der Waals surface area contributed by atoms with E-state index >= 15 is 0 Å². The number of aliphatic imine (C=N–C) groups is 1. The lowest BCUT2D eigenvalue weighted by Gasteiger charge is -2.40. The van der Waals surface area contributed by atoms with Crippen LogP contribution in [0.25, 0.3) is 0 Å². The van der Waals surface area contributed by atoms with Crippen molar-refractivity contribution in [3.63, 3.8) is 0 Å². The van der Waals surface area contributed by atoms with Gasteiger partial charge in [0, 0.05) is 12.1 Å². The molecule has 2 amide bonds. The van der Waals surface area contributed by atoms with Crippen molar-refractivity contribution in [2.24, 2.45) is 10.9 Å². The highest BCUT2D eigenvalue weighted by molar-refractivity contribution is 6.47. The first-order valence-electron chi connectivity index (χ1n) is 10.9. The van der Waals surface area contributed by atoms with Gasteiger partial charge in [-0.15, -0.1) is 0 Å². The van der Waals surface area contributed by atoms with Crippen LogP contribution in [0.2, 0.25) is 0 Å². The van der Waals surface area contributed by atoms with Gasteiger partial charge in [-0.2, -0.15) is 0 Å². The summed E-state index contributed by atoms with van der Waals surface area (Å²) in [5.41, 5.74) is 1.62. The van der Waals surface area contributed by atoms with Crippen molar-refractivity contribution in [2.45, 2.75) is 44.8 Å². The third kappa shape index (κ3) is 4.48. The van der Waals surface area contributed by atoms with E-state index in [0.29, 0.717) is 18.2 Å². The molecule has 0 unspecified atom stereocenters. The van der Waals surface area contributed by atoms with Gasteiger partial charge in [0.1, 0.15) is 23.7 Å². The number of rotatable bonds is 6. The molecule has 1 spiro atoms. The minimum Gasteiger partial charge on any atom is -0.497 e. The average molecular weight is 420 g/mol. The Hall–Kier alpha value is -3.15. The first-order valence-corrected chi connectivity index (χ1v) is 10.9. The quantitative estimate of drug-likeness (QED) is 0.778. The summed E-state index contributed by atoms with van der Waals surface area (Å²) in [5, 5.41) is 2.94. The second-order valence-corrected chi connectivity index (χ2v) is 8.51. The summed E-state index contributed by atoms with van der Waals surface area (Å²) in [6.45, 7) is 2.63. The summed E-state index contributed by atoms with van der Waals surface area (Å²) in [6.07, 6.45) is 3.58. The zero-order valence-corrected chi connectivity index (χ0v) is 18.1. The molecule has 1 fully saturated rings. The Morgan fingerprint density at radius 1 is 1.16 bits per heavy atom. The van der Waals surface area contributed by atoms with E-state index in [-0.39, 0.29) is 18.4 Å². The molecular weight excluding hydrogens is 390 g/mol. The van der Waals surface area contributed by atoms with Crippen LogP contribution in [-0.2, 0) is 16.1 Å². The summed E-state index contributed by atoms with van der Waals surface area (Å²) in [6, 6.07) is 17.1. The number of ether oxygens (including phenoxy) is 1. The molecular formula is C25H29N3O3. The van der Waals surface area contributed by atoms with E-state index < -0.39 is 5.66 Å². The lowest BCUT2D eigenvalue weighted by Crippen LogP contribution is -2.52. The highest BCUT2D eigenvalue weighted by atomic mass is 16.5. The van der Waals surface area contributed by atoms with Gasteiger partial charge in [-0.25, -0.2) is 0 Å². The normalized spacial score (nSPS) is 23.0. The molecule has 4 rings (SSSR count).